The number of aliphatic carboxylic acids is 1. The summed E-state index contributed by atoms with van der Waals surface area (Å²) >= 11 is 0. The first kappa shape index (κ1) is 8.77. The van der Waals surface area contributed by atoms with E-state index in [0.29, 0.717) is 5.58 Å². The Kier molecular flexibility index (Phi) is 1.98. The molecule has 1 aromatic heterocycles. The molecule has 1 atom stereocenters. The number of para-hydroxylation sites is 1. The minimum atomic E-state index is -1.10. The van der Waals surface area contributed by atoms with Crippen LogP contribution in [0.2, 0.25) is 0 Å². The number of carboxylic acids is 1. The number of hydrogen-bond donors (Lipinski definition) is 2. The zero-order chi connectivity index (χ0) is 10.1. The molecule has 3 N–H and O–H groups in total. The topological polar surface area (TPSA) is 76.5 Å². The van der Waals surface area contributed by atoms with Crippen molar-refractivity contribution in [3.8, 4) is 0 Å². The average molecular weight is 191 g/mol. The molecule has 0 fully saturated rings. The maximum absolute atomic E-state index is 10.6. The second kappa shape index (κ2) is 3.16. The van der Waals surface area contributed by atoms with E-state index in [1.54, 1.807) is 12.1 Å². The van der Waals surface area contributed by atoms with Crippen LogP contribution in [0.25, 0.3) is 11.0 Å². The fourth-order valence-corrected chi connectivity index (χ4v) is 1.28. The number of benzene rings is 1. The van der Waals surface area contributed by atoms with Crippen LogP contribution < -0.4 is 5.73 Å². The number of furan rings is 1. The van der Waals surface area contributed by atoms with Gasteiger partial charge in [0.1, 0.15) is 11.3 Å². The van der Waals surface area contributed by atoms with Gasteiger partial charge < -0.3 is 15.3 Å². The highest BCUT2D eigenvalue weighted by molar-refractivity contribution is 5.81. The third-order valence-corrected chi connectivity index (χ3v) is 2.02. The van der Waals surface area contributed by atoms with Crippen molar-refractivity contribution in [1.29, 1.82) is 0 Å². The van der Waals surface area contributed by atoms with Crippen LogP contribution >= 0.6 is 0 Å². The summed E-state index contributed by atoms with van der Waals surface area (Å²) in [6.45, 7) is 0. The van der Waals surface area contributed by atoms with Crippen LogP contribution in [0.3, 0.4) is 0 Å². The normalized spacial score (nSPS) is 12.9. The number of carbonyl (C=O) groups is 1. The van der Waals surface area contributed by atoms with Crippen molar-refractivity contribution in [2.24, 2.45) is 5.73 Å². The number of carboxylic acid groups (broad SMARTS) is 1. The fraction of sp³-hybridized carbons (Fsp3) is 0.100. The molecule has 0 unspecified atom stereocenters. The summed E-state index contributed by atoms with van der Waals surface area (Å²) in [5, 5.41) is 9.54. The quantitative estimate of drug-likeness (QED) is 0.754. The molecule has 0 aliphatic carbocycles. The second-order valence-electron chi connectivity index (χ2n) is 3.00. The Morgan fingerprint density at radius 2 is 2.14 bits per heavy atom. The smallest absolute Gasteiger partial charge is 0.328 e. The van der Waals surface area contributed by atoms with E-state index in [0.717, 1.165) is 5.39 Å². The van der Waals surface area contributed by atoms with Crippen molar-refractivity contribution in [1.82, 2.24) is 0 Å². The van der Waals surface area contributed by atoms with Gasteiger partial charge in [-0.2, -0.15) is 0 Å². The SMILES string of the molecule is N[C@H](C(=O)O)c1cc2ccccc2o1. The summed E-state index contributed by atoms with van der Waals surface area (Å²) in [4.78, 5) is 10.6. The Balaban J connectivity index is 2.50. The molecule has 0 aliphatic heterocycles. The lowest BCUT2D eigenvalue weighted by molar-refractivity contribution is -0.139. The van der Waals surface area contributed by atoms with E-state index in [4.69, 9.17) is 15.3 Å². The standard InChI is InChI=1S/C10H9NO3/c11-9(10(12)13)8-5-6-3-1-2-4-7(6)14-8/h1-5,9H,11H2,(H,12,13)/t9-/m0/s1. The highest BCUT2D eigenvalue weighted by Crippen LogP contribution is 2.22. The maximum Gasteiger partial charge on any atom is 0.328 e. The molecule has 0 spiro atoms. The molecule has 1 heterocycles. The highest BCUT2D eigenvalue weighted by atomic mass is 16.4. The molecular weight excluding hydrogens is 182 g/mol. The number of fused-ring (bicyclic) bond motifs is 1. The van der Waals surface area contributed by atoms with Crippen LogP contribution in [0.15, 0.2) is 34.7 Å². The highest BCUT2D eigenvalue weighted by Gasteiger charge is 2.18. The van der Waals surface area contributed by atoms with Crippen LogP contribution in [0.5, 0.6) is 0 Å². The van der Waals surface area contributed by atoms with Crippen LogP contribution in [0.1, 0.15) is 11.8 Å². The molecular formula is C10H9NO3. The minimum absolute atomic E-state index is 0.277. The number of rotatable bonds is 2. The van der Waals surface area contributed by atoms with Crippen LogP contribution in [0.4, 0.5) is 0 Å². The molecule has 14 heavy (non-hydrogen) atoms. The lowest BCUT2D eigenvalue weighted by atomic mass is 10.2. The molecule has 1 aromatic carbocycles. The predicted molar refractivity (Wildman–Crippen MR) is 50.8 cm³/mol. The van der Waals surface area contributed by atoms with E-state index >= 15 is 0 Å². The summed E-state index contributed by atoms with van der Waals surface area (Å²) in [6, 6.07) is 7.84. The summed E-state index contributed by atoms with van der Waals surface area (Å²) in [5.74, 6) is -0.817. The van der Waals surface area contributed by atoms with Gasteiger partial charge in [-0.3, -0.25) is 4.79 Å². The zero-order valence-corrected chi connectivity index (χ0v) is 7.31. The molecule has 2 aromatic rings. The monoisotopic (exact) mass is 191 g/mol. The first-order valence-corrected chi connectivity index (χ1v) is 4.15. The molecule has 4 heteroatoms. The van der Waals surface area contributed by atoms with Crippen LogP contribution in [0, 0.1) is 0 Å². The van der Waals surface area contributed by atoms with Crippen LogP contribution in [-0.2, 0) is 4.79 Å². The van der Waals surface area contributed by atoms with Crippen molar-refractivity contribution < 1.29 is 14.3 Å². The lowest BCUT2D eigenvalue weighted by Gasteiger charge is -1.99. The Morgan fingerprint density at radius 1 is 1.43 bits per heavy atom. The van der Waals surface area contributed by atoms with Gasteiger partial charge in [0.2, 0.25) is 0 Å². The summed E-state index contributed by atoms with van der Waals surface area (Å²) in [6.07, 6.45) is 0. The Labute approximate surface area is 79.9 Å². The molecule has 0 aliphatic rings. The number of hydrogen-bond acceptors (Lipinski definition) is 3. The minimum Gasteiger partial charge on any atom is -0.480 e. The third-order valence-electron chi connectivity index (χ3n) is 2.02. The largest absolute Gasteiger partial charge is 0.480 e. The first-order valence-electron chi connectivity index (χ1n) is 4.15. The number of nitrogens with two attached hydrogens (primary N) is 1. The molecule has 0 saturated heterocycles. The maximum atomic E-state index is 10.6. The van der Waals surface area contributed by atoms with E-state index in [-0.39, 0.29) is 5.76 Å². The van der Waals surface area contributed by atoms with Gasteiger partial charge in [-0.15, -0.1) is 0 Å². The third kappa shape index (κ3) is 1.36. The molecule has 0 radical (unpaired) electrons. The van der Waals surface area contributed by atoms with Gasteiger partial charge in [-0.05, 0) is 12.1 Å². The van der Waals surface area contributed by atoms with Gasteiger partial charge >= 0.3 is 5.97 Å². The fourth-order valence-electron chi connectivity index (χ4n) is 1.28. The van der Waals surface area contributed by atoms with E-state index in [1.807, 2.05) is 18.2 Å². The van der Waals surface area contributed by atoms with Crippen molar-refractivity contribution in [3.05, 3.63) is 36.1 Å². The average Bonchev–Trinajstić information content (AvgIpc) is 2.59. The van der Waals surface area contributed by atoms with Gasteiger partial charge in [0.05, 0.1) is 0 Å². The molecule has 72 valence electrons. The van der Waals surface area contributed by atoms with Gasteiger partial charge in [-0.1, -0.05) is 18.2 Å². The Morgan fingerprint density at radius 3 is 2.79 bits per heavy atom. The van der Waals surface area contributed by atoms with E-state index in [9.17, 15) is 4.79 Å². The van der Waals surface area contributed by atoms with E-state index in [1.165, 1.54) is 0 Å². The van der Waals surface area contributed by atoms with E-state index in [2.05, 4.69) is 0 Å². The van der Waals surface area contributed by atoms with Crippen molar-refractivity contribution in [2.75, 3.05) is 0 Å². The molecule has 0 amide bonds. The van der Waals surface area contributed by atoms with Crippen molar-refractivity contribution in [3.63, 3.8) is 0 Å². The zero-order valence-electron chi connectivity index (χ0n) is 7.31. The predicted octanol–water partition coefficient (Wildman–Crippen LogP) is 1.52. The lowest BCUT2D eigenvalue weighted by Crippen LogP contribution is -2.19. The van der Waals surface area contributed by atoms with Gasteiger partial charge in [0, 0.05) is 5.39 Å². The Hall–Kier alpha value is -1.81. The van der Waals surface area contributed by atoms with Crippen molar-refractivity contribution in [2.45, 2.75) is 6.04 Å². The summed E-state index contributed by atoms with van der Waals surface area (Å²) < 4.78 is 5.29. The van der Waals surface area contributed by atoms with Gasteiger partial charge in [-0.25, -0.2) is 0 Å². The summed E-state index contributed by atoms with van der Waals surface area (Å²) in [5.41, 5.74) is 6.06. The van der Waals surface area contributed by atoms with Gasteiger partial charge in [0.25, 0.3) is 0 Å². The van der Waals surface area contributed by atoms with Crippen LogP contribution in [-0.4, -0.2) is 11.1 Å². The first-order chi connectivity index (χ1) is 6.68. The molecule has 0 saturated carbocycles. The second-order valence-corrected chi connectivity index (χ2v) is 3.00. The van der Waals surface area contributed by atoms with E-state index < -0.39 is 12.0 Å². The Bertz CT molecular complexity index is 442. The van der Waals surface area contributed by atoms with Crippen molar-refractivity contribution >= 4 is 16.9 Å². The molecule has 4 nitrogen and oxygen atoms in total. The van der Waals surface area contributed by atoms with Gasteiger partial charge in [0.15, 0.2) is 6.04 Å². The summed E-state index contributed by atoms with van der Waals surface area (Å²) in [7, 11) is 0. The molecule has 2 rings (SSSR count). The molecule has 0 bridgehead atoms.